The summed E-state index contributed by atoms with van der Waals surface area (Å²) in [5, 5.41) is 26.5. The van der Waals surface area contributed by atoms with Crippen LogP contribution in [0.15, 0.2) is 70.6 Å². The third-order valence-electron chi connectivity index (χ3n) is 11.6. The van der Waals surface area contributed by atoms with E-state index in [-0.39, 0.29) is 68.8 Å². The van der Waals surface area contributed by atoms with Gasteiger partial charge in [-0.3, -0.25) is 9.98 Å². The fraction of sp³-hybridized carbons (Fsp3) is 0.567. The molecule has 68 heavy (non-hydrogen) atoms. The van der Waals surface area contributed by atoms with Gasteiger partial charge in [-0.25, -0.2) is 0 Å². The van der Waals surface area contributed by atoms with Crippen LogP contribution >= 0.6 is 0 Å². The Morgan fingerprint density at radius 1 is 0.441 bits per heavy atom. The SMILES string of the molecule is CC(C)c1cccc(C(C)C)c1N=Cc1cc(C(C)(C)C)cc(C(C)(C)C)c1[O-].CC(C)c1cccc(C(C)C)c1N=Cc1cc(C(C)(C)C)cc(C(C)(C)C)c1[O-].C[Si](C)(C)[N-][Si](C)(C)C.[La+3]. The molecule has 0 N–H and O–H groups in total. The molecule has 0 aliphatic carbocycles. The van der Waals surface area contributed by atoms with Gasteiger partial charge in [0.1, 0.15) is 0 Å². The van der Waals surface area contributed by atoms with Crippen molar-refractivity contribution in [2.45, 2.75) is 223 Å². The van der Waals surface area contributed by atoms with Crippen molar-refractivity contribution in [2.75, 3.05) is 0 Å². The predicted octanol–water partition coefficient (Wildman–Crippen LogP) is 17.7. The van der Waals surface area contributed by atoms with Crippen molar-refractivity contribution in [1.29, 1.82) is 0 Å². The molecule has 0 fully saturated rings. The standard InChI is InChI=1S/2C27H39NO.C6H18NSi2.La/c2*1-17(2)21-12-11-13-22(18(3)4)24(21)28-16-19-14-20(26(5,6)7)15-23(25(19)29)27(8,9)10;1-8(2,3)7-9(4,5)6;/h2*11-18,29H,1-10H3;1-6H3;/q;;-1;+3/p-2. The van der Waals surface area contributed by atoms with Gasteiger partial charge < -0.3 is 14.9 Å². The fourth-order valence-corrected chi connectivity index (χ4v) is 16.1. The summed E-state index contributed by atoms with van der Waals surface area (Å²) in [6, 6.07) is 21.0. The minimum absolute atomic E-state index is 0. The van der Waals surface area contributed by atoms with Gasteiger partial charge in [0, 0.05) is 12.4 Å². The van der Waals surface area contributed by atoms with Crippen molar-refractivity contribution in [1.82, 2.24) is 0 Å². The number of nitrogens with zero attached hydrogens (tertiary/aromatic N) is 3. The second kappa shape index (κ2) is 24.7. The van der Waals surface area contributed by atoms with Gasteiger partial charge in [0.2, 0.25) is 0 Å². The molecule has 0 aromatic heterocycles. The van der Waals surface area contributed by atoms with E-state index in [2.05, 4.69) is 226 Å². The molecule has 4 rings (SSSR count). The Hall–Kier alpha value is -2.59. The molecule has 8 heteroatoms. The molecule has 0 radical (unpaired) electrons. The van der Waals surface area contributed by atoms with Crippen molar-refractivity contribution >= 4 is 40.3 Å². The molecule has 4 aromatic carbocycles. The molecule has 0 aliphatic rings. The van der Waals surface area contributed by atoms with Crippen molar-refractivity contribution in [3.05, 3.63) is 121 Å². The van der Waals surface area contributed by atoms with E-state index in [4.69, 9.17) is 14.6 Å². The average Bonchev–Trinajstić information content (AvgIpc) is 3.13. The Morgan fingerprint density at radius 2 is 0.691 bits per heavy atom. The summed E-state index contributed by atoms with van der Waals surface area (Å²) >= 11 is 0. The Morgan fingerprint density at radius 3 is 0.868 bits per heavy atom. The minimum Gasteiger partial charge on any atom is -0.872 e. The van der Waals surface area contributed by atoms with E-state index in [1.807, 2.05) is 12.1 Å². The number of para-hydroxylation sites is 2. The summed E-state index contributed by atoms with van der Waals surface area (Å²) in [7, 11) is -2.21. The Labute approximate surface area is 448 Å². The van der Waals surface area contributed by atoms with Crippen LogP contribution in [-0.4, -0.2) is 28.9 Å². The molecule has 0 amide bonds. The van der Waals surface area contributed by atoms with Crippen LogP contribution in [-0.2, 0) is 21.7 Å². The topological polar surface area (TPSA) is 84.9 Å². The number of hydrogen-bond acceptors (Lipinski definition) is 4. The van der Waals surface area contributed by atoms with Crippen LogP contribution in [0.25, 0.3) is 4.65 Å². The molecule has 0 unspecified atom stereocenters. The minimum atomic E-state index is -1.11. The molecule has 0 saturated carbocycles. The number of aliphatic imine (C=N–C) groups is 2. The third kappa shape index (κ3) is 19.2. The first-order valence-corrected chi connectivity index (χ1v) is 31.9. The van der Waals surface area contributed by atoms with Crippen LogP contribution in [0, 0.1) is 35.6 Å². The van der Waals surface area contributed by atoms with Crippen LogP contribution in [0.3, 0.4) is 0 Å². The van der Waals surface area contributed by atoms with E-state index in [9.17, 15) is 10.2 Å². The monoisotopic (exact) mass is 1080 g/mol. The number of rotatable bonds is 10. The third-order valence-corrected chi connectivity index (χ3v) is 17.0. The van der Waals surface area contributed by atoms with Crippen molar-refractivity contribution in [3.8, 4) is 11.5 Å². The number of benzene rings is 4. The molecule has 0 saturated heterocycles. The quantitative estimate of drug-likeness (QED) is 0.117. The molecule has 0 aliphatic heterocycles. The molecule has 0 spiro atoms. The predicted molar refractivity (Wildman–Crippen MR) is 300 cm³/mol. The molecule has 4 aromatic rings. The summed E-state index contributed by atoms with van der Waals surface area (Å²) in [5.74, 6) is 1.67. The Kier molecular flexibility index (Phi) is 23.0. The van der Waals surface area contributed by atoms with Gasteiger partial charge in [0.25, 0.3) is 0 Å². The van der Waals surface area contributed by atoms with E-state index in [1.54, 1.807) is 12.4 Å². The van der Waals surface area contributed by atoms with Gasteiger partial charge in [-0.05, 0) is 101 Å². The first kappa shape index (κ1) is 63.4. The second-order valence-electron chi connectivity index (χ2n) is 26.0. The van der Waals surface area contributed by atoms with E-state index in [0.29, 0.717) is 34.8 Å². The van der Waals surface area contributed by atoms with Crippen LogP contribution in [0.5, 0.6) is 11.5 Å². The largest absolute Gasteiger partial charge is 3.00 e. The van der Waals surface area contributed by atoms with Crippen LogP contribution in [0.2, 0.25) is 39.3 Å². The molecule has 372 valence electrons. The molecule has 0 heterocycles. The van der Waals surface area contributed by atoms with Gasteiger partial charge in [-0.2, -0.15) is 0 Å². The summed E-state index contributed by atoms with van der Waals surface area (Å²) in [5.41, 5.74) is 11.8. The van der Waals surface area contributed by atoms with Gasteiger partial charge in [-0.1, -0.05) is 266 Å². The maximum Gasteiger partial charge on any atom is 3.00 e. The molecule has 0 bridgehead atoms. The zero-order valence-corrected chi connectivity index (χ0v) is 53.6. The first-order valence-electron chi connectivity index (χ1n) is 25.0. The van der Waals surface area contributed by atoms with E-state index in [1.165, 1.54) is 33.4 Å². The maximum absolute atomic E-state index is 13.3. The zero-order chi connectivity index (χ0) is 52.0. The average molecular weight is 1080 g/mol. The van der Waals surface area contributed by atoms with E-state index in [0.717, 1.165) is 22.5 Å². The first-order chi connectivity index (χ1) is 30.2. The van der Waals surface area contributed by atoms with Crippen LogP contribution in [0.4, 0.5) is 11.4 Å². The molecular weight excluding hydrogens is 990 g/mol. The normalized spacial score (nSPS) is 13.0. The molecule has 0 atom stereocenters. The van der Waals surface area contributed by atoms with Gasteiger partial charge in [0.15, 0.2) is 0 Å². The smallest absolute Gasteiger partial charge is 0.872 e. The van der Waals surface area contributed by atoms with E-state index >= 15 is 0 Å². The van der Waals surface area contributed by atoms with E-state index < -0.39 is 16.5 Å². The Balaban J connectivity index is 0.000000569. The summed E-state index contributed by atoms with van der Waals surface area (Å²) in [6.07, 6.45) is 3.58. The Bertz CT molecular complexity index is 2100. The van der Waals surface area contributed by atoms with Crippen LogP contribution in [0.1, 0.15) is 218 Å². The summed E-state index contributed by atoms with van der Waals surface area (Å²) < 4.78 is 4.82. The molecular formula is C60H94LaN3O2Si2. The van der Waals surface area contributed by atoms with Crippen molar-refractivity contribution < 1.29 is 45.8 Å². The van der Waals surface area contributed by atoms with Gasteiger partial charge in [-0.15, -0.1) is 0 Å². The fourth-order valence-electron chi connectivity index (χ4n) is 8.07. The maximum atomic E-state index is 13.3. The molecule has 5 nitrogen and oxygen atoms in total. The van der Waals surface area contributed by atoms with Crippen LogP contribution < -0.4 is 10.2 Å². The van der Waals surface area contributed by atoms with Crippen molar-refractivity contribution in [3.63, 3.8) is 0 Å². The number of hydrogen-bond donors (Lipinski definition) is 0. The second-order valence-corrected chi connectivity index (χ2v) is 35.6. The van der Waals surface area contributed by atoms with Gasteiger partial charge in [0.05, 0.1) is 11.4 Å². The summed E-state index contributed by atoms with van der Waals surface area (Å²) in [6.45, 7) is 57.0. The zero-order valence-electron chi connectivity index (χ0n) is 48.0. The summed E-state index contributed by atoms with van der Waals surface area (Å²) in [4.78, 5) is 9.80. The van der Waals surface area contributed by atoms with Gasteiger partial charge >= 0.3 is 35.6 Å². The van der Waals surface area contributed by atoms with Crippen molar-refractivity contribution in [2.24, 2.45) is 9.98 Å².